The van der Waals surface area contributed by atoms with E-state index in [0.29, 0.717) is 12.2 Å². The molecular formula is C16H22O2S. The van der Waals surface area contributed by atoms with Gasteiger partial charge in [0.25, 0.3) is 0 Å². The molecule has 0 radical (unpaired) electrons. The summed E-state index contributed by atoms with van der Waals surface area (Å²) in [5.41, 5.74) is 0. The van der Waals surface area contributed by atoms with Crippen LogP contribution in [0.3, 0.4) is 0 Å². The molecule has 0 rings (SSSR count). The molecule has 0 heterocycles. The summed E-state index contributed by atoms with van der Waals surface area (Å²) in [6.45, 7) is 2.22. The predicted octanol–water partition coefficient (Wildman–Crippen LogP) is 3.91. The minimum absolute atomic E-state index is 0.464. The summed E-state index contributed by atoms with van der Waals surface area (Å²) in [6.07, 6.45) is 9.29. The van der Waals surface area contributed by atoms with Gasteiger partial charge in [-0.1, -0.05) is 56.8 Å². The van der Waals surface area contributed by atoms with Gasteiger partial charge >= 0.3 is 5.97 Å². The van der Waals surface area contributed by atoms with Crippen molar-refractivity contribution in [3.8, 4) is 28.9 Å². The van der Waals surface area contributed by atoms with Gasteiger partial charge in [0, 0.05) is 11.6 Å². The SMILES string of the molecule is CCCCCCCCC#CCC#CCS#CC(=O)O. The standard InChI is InChI=1S/C16H22O2S/c1-2-3-4-5-6-7-8-9-10-11-12-13-14-19-15-16(17)18/h2-8,11,14H2,1H3,(H,17,18). The Labute approximate surface area is 120 Å². The summed E-state index contributed by atoms with van der Waals surface area (Å²) < 4.78 is 0. The zero-order valence-corrected chi connectivity index (χ0v) is 12.4. The second kappa shape index (κ2) is 14.7. The molecule has 0 aromatic carbocycles. The van der Waals surface area contributed by atoms with Gasteiger partial charge in [-0.3, -0.25) is 0 Å². The number of rotatable bonds is 6. The van der Waals surface area contributed by atoms with Crippen molar-refractivity contribution >= 4 is 17.1 Å². The molecule has 1 N–H and O–H groups in total. The van der Waals surface area contributed by atoms with Gasteiger partial charge in [0.05, 0.1) is 12.2 Å². The summed E-state index contributed by atoms with van der Waals surface area (Å²) >= 11 is 1.07. The number of aliphatic carboxylic acids is 1. The van der Waals surface area contributed by atoms with Gasteiger partial charge in [-0.05, 0) is 6.42 Å². The maximum atomic E-state index is 10.1. The van der Waals surface area contributed by atoms with Crippen LogP contribution in [0.25, 0.3) is 0 Å². The van der Waals surface area contributed by atoms with Crippen molar-refractivity contribution in [2.75, 3.05) is 5.75 Å². The van der Waals surface area contributed by atoms with Crippen LogP contribution in [0.15, 0.2) is 0 Å². The lowest BCUT2D eigenvalue weighted by Gasteiger charge is -1.96. The molecule has 19 heavy (non-hydrogen) atoms. The monoisotopic (exact) mass is 278 g/mol. The Hall–Kier alpha value is -1.41. The van der Waals surface area contributed by atoms with Crippen LogP contribution in [0.5, 0.6) is 0 Å². The Morgan fingerprint density at radius 1 is 1.00 bits per heavy atom. The van der Waals surface area contributed by atoms with E-state index < -0.39 is 5.97 Å². The quantitative estimate of drug-likeness (QED) is 0.591. The first-order valence-corrected chi connectivity index (χ1v) is 7.78. The van der Waals surface area contributed by atoms with E-state index in [0.717, 1.165) is 17.6 Å². The third-order valence-electron chi connectivity index (χ3n) is 2.39. The van der Waals surface area contributed by atoms with E-state index in [1.54, 1.807) is 0 Å². The number of carbonyl (C=O) groups is 1. The fraction of sp³-hybridized carbons (Fsp3) is 0.625. The lowest BCUT2D eigenvalue weighted by atomic mass is 10.1. The van der Waals surface area contributed by atoms with Gasteiger partial charge in [-0.2, -0.15) is 0 Å². The average Bonchev–Trinajstić information content (AvgIpc) is 2.39. The van der Waals surface area contributed by atoms with Crippen LogP contribution in [-0.4, -0.2) is 16.8 Å². The molecule has 104 valence electrons. The highest BCUT2D eigenvalue weighted by Crippen LogP contribution is 2.05. The van der Waals surface area contributed by atoms with Gasteiger partial charge in [0.15, 0.2) is 0 Å². The van der Waals surface area contributed by atoms with E-state index in [1.807, 2.05) is 0 Å². The third kappa shape index (κ3) is 16.6. The zero-order chi connectivity index (χ0) is 14.2. The molecule has 0 saturated carbocycles. The minimum Gasteiger partial charge on any atom is -0.471 e. The van der Waals surface area contributed by atoms with Gasteiger partial charge < -0.3 is 5.11 Å². The normalized spacial score (nSPS) is 8.47. The molecular weight excluding hydrogens is 256 g/mol. The van der Waals surface area contributed by atoms with Crippen LogP contribution >= 0.6 is 11.2 Å². The van der Waals surface area contributed by atoms with Crippen LogP contribution < -0.4 is 0 Å². The Balaban J connectivity index is 3.43. The lowest BCUT2D eigenvalue weighted by molar-refractivity contribution is -0.130. The zero-order valence-electron chi connectivity index (χ0n) is 11.6. The van der Waals surface area contributed by atoms with Crippen molar-refractivity contribution in [3.05, 3.63) is 0 Å². The van der Waals surface area contributed by atoms with Gasteiger partial charge in [-0.15, -0.1) is 17.1 Å². The topological polar surface area (TPSA) is 37.3 Å². The molecule has 0 unspecified atom stereocenters. The van der Waals surface area contributed by atoms with Gasteiger partial charge in [-0.25, -0.2) is 4.79 Å². The Bertz CT molecular complexity index is 421. The molecule has 0 aliphatic carbocycles. The van der Waals surface area contributed by atoms with Crippen molar-refractivity contribution < 1.29 is 9.90 Å². The molecule has 0 fully saturated rings. The molecule has 0 saturated heterocycles. The Morgan fingerprint density at radius 2 is 1.68 bits per heavy atom. The molecule has 0 aliphatic heterocycles. The van der Waals surface area contributed by atoms with Crippen LogP contribution in [0.1, 0.15) is 58.3 Å². The fourth-order valence-corrected chi connectivity index (χ4v) is 1.81. The van der Waals surface area contributed by atoms with Crippen molar-refractivity contribution in [1.82, 2.24) is 0 Å². The van der Waals surface area contributed by atoms with Crippen molar-refractivity contribution in [2.45, 2.75) is 58.3 Å². The highest BCUT2D eigenvalue weighted by molar-refractivity contribution is 7.89. The first-order valence-electron chi connectivity index (χ1n) is 6.79. The van der Waals surface area contributed by atoms with E-state index in [9.17, 15) is 4.79 Å². The van der Waals surface area contributed by atoms with E-state index in [-0.39, 0.29) is 0 Å². The van der Waals surface area contributed by atoms with Crippen molar-refractivity contribution in [2.24, 2.45) is 0 Å². The maximum absolute atomic E-state index is 10.1. The molecule has 0 aliphatic rings. The number of unbranched alkanes of at least 4 members (excludes halogenated alkanes) is 6. The van der Waals surface area contributed by atoms with E-state index in [2.05, 4.69) is 35.8 Å². The molecule has 0 atom stereocenters. The Morgan fingerprint density at radius 3 is 2.42 bits per heavy atom. The molecule has 0 amide bonds. The highest BCUT2D eigenvalue weighted by atomic mass is 32.1. The van der Waals surface area contributed by atoms with Crippen molar-refractivity contribution in [3.63, 3.8) is 0 Å². The molecule has 2 nitrogen and oxygen atoms in total. The van der Waals surface area contributed by atoms with Gasteiger partial charge in [0.2, 0.25) is 0 Å². The lowest BCUT2D eigenvalue weighted by Crippen LogP contribution is -1.84. The molecule has 0 aromatic heterocycles. The Kier molecular flexibility index (Phi) is 13.6. The smallest absolute Gasteiger partial charge is 0.384 e. The fourth-order valence-electron chi connectivity index (χ4n) is 1.44. The summed E-state index contributed by atoms with van der Waals surface area (Å²) in [7, 11) is 0. The average molecular weight is 278 g/mol. The number of hydrogen-bond acceptors (Lipinski definition) is 1. The highest BCUT2D eigenvalue weighted by Gasteiger charge is 1.87. The largest absolute Gasteiger partial charge is 0.471 e. The number of carboxylic acid groups (broad SMARTS) is 1. The second-order valence-corrected chi connectivity index (χ2v) is 4.88. The summed E-state index contributed by atoms with van der Waals surface area (Å²) in [4.78, 5) is 10.1. The maximum Gasteiger partial charge on any atom is 0.384 e. The molecule has 0 spiro atoms. The number of carboxylic acids is 1. The van der Waals surface area contributed by atoms with Crippen LogP contribution in [-0.2, 0) is 4.79 Å². The van der Waals surface area contributed by atoms with Crippen LogP contribution in [0, 0.1) is 28.9 Å². The van der Waals surface area contributed by atoms with E-state index >= 15 is 0 Å². The third-order valence-corrected chi connectivity index (χ3v) is 2.99. The molecule has 0 bridgehead atoms. The first kappa shape index (κ1) is 17.6. The van der Waals surface area contributed by atoms with E-state index in [4.69, 9.17) is 5.11 Å². The summed E-state index contributed by atoms with van der Waals surface area (Å²) in [5, 5.41) is 10.5. The van der Waals surface area contributed by atoms with Gasteiger partial charge in [0.1, 0.15) is 0 Å². The van der Waals surface area contributed by atoms with Crippen LogP contribution in [0.2, 0.25) is 0 Å². The molecule has 3 heteroatoms. The summed E-state index contributed by atoms with van der Waals surface area (Å²) in [5.74, 6) is 11.3. The summed E-state index contributed by atoms with van der Waals surface area (Å²) in [6, 6.07) is 0. The minimum atomic E-state index is -1.04. The molecule has 0 aromatic rings. The second-order valence-electron chi connectivity index (χ2n) is 4.10. The number of hydrogen-bond donors (Lipinski definition) is 1. The predicted molar refractivity (Wildman–Crippen MR) is 82.1 cm³/mol. The van der Waals surface area contributed by atoms with Crippen molar-refractivity contribution in [1.29, 1.82) is 0 Å². The van der Waals surface area contributed by atoms with E-state index in [1.165, 1.54) is 38.5 Å². The first-order chi connectivity index (χ1) is 9.27. The van der Waals surface area contributed by atoms with Crippen LogP contribution in [0.4, 0.5) is 0 Å².